The Labute approximate surface area is 191 Å². The van der Waals surface area contributed by atoms with E-state index in [4.69, 9.17) is 4.74 Å². The monoisotopic (exact) mass is 514 g/mol. The molecular formula is C22H35IN4O2. The lowest BCUT2D eigenvalue weighted by Crippen LogP contribution is -2.50. The van der Waals surface area contributed by atoms with Gasteiger partial charge in [0, 0.05) is 32.1 Å². The molecule has 1 unspecified atom stereocenters. The number of guanidine groups is 1. The fourth-order valence-corrected chi connectivity index (χ4v) is 4.22. The van der Waals surface area contributed by atoms with Crippen LogP contribution >= 0.6 is 24.0 Å². The summed E-state index contributed by atoms with van der Waals surface area (Å²) in [6.45, 7) is 6.96. The zero-order valence-corrected chi connectivity index (χ0v) is 20.3. The van der Waals surface area contributed by atoms with Crippen LogP contribution < -0.4 is 20.7 Å². The Morgan fingerprint density at radius 3 is 2.59 bits per heavy atom. The van der Waals surface area contributed by atoms with Gasteiger partial charge in [0.05, 0.1) is 11.5 Å². The number of amides is 1. The third kappa shape index (κ3) is 5.55. The van der Waals surface area contributed by atoms with E-state index in [2.05, 4.69) is 39.1 Å². The normalized spacial score (nSPS) is 20.3. The number of nitrogens with zero attached hydrogens (tertiary/aromatic N) is 1. The maximum Gasteiger partial charge on any atom is 0.227 e. The van der Waals surface area contributed by atoms with Crippen LogP contribution in [0.2, 0.25) is 0 Å². The van der Waals surface area contributed by atoms with E-state index < -0.39 is 5.41 Å². The molecule has 1 fully saturated rings. The Balaban J connectivity index is 0.00000300. The van der Waals surface area contributed by atoms with Crippen molar-refractivity contribution in [3.8, 4) is 5.75 Å². The first-order chi connectivity index (χ1) is 13.4. The summed E-state index contributed by atoms with van der Waals surface area (Å²) in [5.74, 6) is 1.73. The van der Waals surface area contributed by atoms with Gasteiger partial charge in [-0.25, -0.2) is 0 Å². The second kappa shape index (κ2) is 10.00. The van der Waals surface area contributed by atoms with E-state index in [1.807, 2.05) is 26.8 Å². The van der Waals surface area contributed by atoms with Crippen molar-refractivity contribution < 1.29 is 9.53 Å². The highest BCUT2D eigenvalue weighted by Crippen LogP contribution is 2.46. The molecule has 2 aliphatic rings. The Bertz CT molecular complexity index is 729. The molecule has 7 heteroatoms. The number of ether oxygens (including phenoxy) is 1. The summed E-state index contributed by atoms with van der Waals surface area (Å²) in [7, 11) is 1.77. The highest BCUT2D eigenvalue weighted by molar-refractivity contribution is 14.0. The van der Waals surface area contributed by atoms with Crippen LogP contribution in [0.1, 0.15) is 64.5 Å². The van der Waals surface area contributed by atoms with Crippen LogP contribution in [0.25, 0.3) is 0 Å². The lowest BCUT2D eigenvalue weighted by atomic mass is 9.86. The van der Waals surface area contributed by atoms with Crippen LogP contribution in [0.3, 0.4) is 0 Å². The van der Waals surface area contributed by atoms with Crippen molar-refractivity contribution in [2.75, 3.05) is 20.1 Å². The van der Waals surface area contributed by atoms with Crippen LogP contribution in [-0.4, -0.2) is 37.6 Å². The molecule has 1 aliphatic carbocycles. The van der Waals surface area contributed by atoms with Gasteiger partial charge in [0.1, 0.15) is 11.4 Å². The predicted molar refractivity (Wildman–Crippen MR) is 128 cm³/mol. The Morgan fingerprint density at radius 2 is 1.93 bits per heavy atom. The van der Waals surface area contributed by atoms with E-state index in [0.29, 0.717) is 19.0 Å². The van der Waals surface area contributed by atoms with Gasteiger partial charge in [-0.3, -0.25) is 9.79 Å². The molecule has 6 nitrogen and oxygen atoms in total. The van der Waals surface area contributed by atoms with Gasteiger partial charge < -0.3 is 20.7 Å². The second-order valence-electron chi connectivity index (χ2n) is 8.60. The predicted octanol–water partition coefficient (Wildman–Crippen LogP) is 3.77. The number of fused-ring (bicyclic) bond motifs is 1. The Hall–Kier alpha value is -1.51. The molecule has 3 N–H and O–H groups in total. The van der Waals surface area contributed by atoms with Gasteiger partial charge in [-0.05, 0) is 52.5 Å². The zero-order valence-electron chi connectivity index (χ0n) is 18.0. The maximum absolute atomic E-state index is 12.3. The molecule has 3 rings (SSSR count). The smallest absolute Gasteiger partial charge is 0.227 e. The Kier molecular flexibility index (Phi) is 8.19. The molecule has 1 amide bonds. The first-order valence-corrected chi connectivity index (χ1v) is 10.4. The van der Waals surface area contributed by atoms with Gasteiger partial charge in [0.15, 0.2) is 5.96 Å². The lowest BCUT2D eigenvalue weighted by molar-refractivity contribution is -0.128. The molecule has 1 aromatic rings. The molecule has 1 spiro atoms. The lowest BCUT2D eigenvalue weighted by Gasteiger charge is -2.40. The van der Waals surface area contributed by atoms with E-state index >= 15 is 0 Å². The number of carbonyl (C=O) groups excluding carboxylic acids is 1. The van der Waals surface area contributed by atoms with Crippen molar-refractivity contribution >= 4 is 35.8 Å². The fourth-order valence-electron chi connectivity index (χ4n) is 4.22. The average Bonchev–Trinajstić information content (AvgIpc) is 3.12. The minimum absolute atomic E-state index is 0. The van der Waals surface area contributed by atoms with Gasteiger partial charge in [-0.1, -0.05) is 18.2 Å². The third-order valence-electron chi connectivity index (χ3n) is 5.90. The molecular weight excluding hydrogens is 479 g/mol. The van der Waals surface area contributed by atoms with Crippen LogP contribution in [-0.2, 0) is 4.79 Å². The van der Waals surface area contributed by atoms with Crippen molar-refractivity contribution in [3.63, 3.8) is 0 Å². The van der Waals surface area contributed by atoms with Crippen LogP contribution in [0.4, 0.5) is 0 Å². The van der Waals surface area contributed by atoms with E-state index in [1.165, 1.54) is 18.4 Å². The molecule has 0 aromatic heterocycles. The van der Waals surface area contributed by atoms with Gasteiger partial charge in [-0.2, -0.15) is 0 Å². The quantitative estimate of drug-likeness (QED) is 0.318. The van der Waals surface area contributed by atoms with Crippen molar-refractivity contribution in [1.29, 1.82) is 0 Å². The number of rotatable bonds is 5. The third-order valence-corrected chi connectivity index (χ3v) is 5.90. The minimum atomic E-state index is -0.520. The van der Waals surface area contributed by atoms with E-state index in [-0.39, 0.29) is 41.5 Å². The average molecular weight is 514 g/mol. The molecule has 1 saturated carbocycles. The van der Waals surface area contributed by atoms with Gasteiger partial charge >= 0.3 is 0 Å². The number of para-hydroxylation sites is 1. The van der Waals surface area contributed by atoms with E-state index in [1.54, 1.807) is 7.05 Å². The number of nitrogens with one attached hydrogen (secondary N) is 3. The molecule has 1 aromatic carbocycles. The topological polar surface area (TPSA) is 74.8 Å². The summed E-state index contributed by atoms with van der Waals surface area (Å²) in [6, 6.07) is 8.42. The highest BCUT2D eigenvalue weighted by atomic mass is 127. The number of halogens is 1. The van der Waals surface area contributed by atoms with Crippen molar-refractivity contribution in [2.45, 2.75) is 64.5 Å². The SMILES string of the molecule is CCNC(=O)C(C)(C)CNC(=NC)NC1CC2(CCCC2)Oc2ccccc21.I. The number of benzene rings is 1. The summed E-state index contributed by atoms with van der Waals surface area (Å²) in [5.41, 5.74) is 0.588. The molecule has 1 heterocycles. The van der Waals surface area contributed by atoms with Gasteiger partial charge in [-0.15, -0.1) is 24.0 Å². The summed E-state index contributed by atoms with van der Waals surface area (Å²) in [4.78, 5) is 16.7. The summed E-state index contributed by atoms with van der Waals surface area (Å²) in [6.07, 6.45) is 5.60. The highest BCUT2D eigenvalue weighted by Gasteiger charge is 2.43. The maximum atomic E-state index is 12.3. The van der Waals surface area contributed by atoms with Crippen molar-refractivity contribution in [2.24, 2.45) is 10.4 Å². The second-order valence-corrected chi connectivity index (χ2v) is 8.60. The standard InChI is InChI=1S/C22H34N4O2.HI/c1-5-24-19(27)21(2,3)15-25-20(23-4)26-17-14-22(12-8-9-13-22)28-18-11-7-6-10-16(17)18;/h6-7,10-11,17H,5,8-9,12-15H2,1-4H3,(H,24,27)(H2,23,25,26);1H. The van der Waals surface area contributed by atoms with E-state index in [0.717, 1.165) is 25.0 Å². The largest absolute Gasteiger partial charge is 0.487 e. The van der Waals surface area contributed by atoms with Crippen molar-refractivity contribution in [1.82, 2.24) is 16.0 Å². The molecule has 1 atom stereocenters. The first-order valence-electron chi connectivity index (χ1n) is 10.4. The van der Waals surface area contributed by atoms with E-state index in [9.17, 15) is 4.79 Å². The molecule has 0 bridgehead atoms. The first kappa shape index (κ1) is 23.8. The Morgan fingerprint density at radius 1 is 1.24 bits per heavy atom. The van der Waals surface area contributed by atoms with Crippen LogP contribution in [0, 0.1) is 5.41 Å². The number of hydrogen-bond acceptors (Lipinski definition) is 3. The van der Waals surface area contributed by atoms with Crippen molar-refractivity contribution in [3.05, 3.63) is 29.8 Å². The molecule has 29 heavy (non-hydrogen) atoms. The fraction of sp³-hybridized carbons (Fsp3) is 0.636. The number of carbonyl (C=O) groups is 1. The summed E-state index contributed by atoms with van der Waals surface area (Å²) in [5, 5.41) is 9.83. The zero-order chi connectivity index (χ0) is 20.2. The molecule has 162 valence electrons. The van der Waals surface area contributed by atoms with Crippen LogP contribution in [0.5, 0.6) is 5.75 Å². The summed E-state index contributed by atoms with van der Waals surface area (Å²) >= 11 is 0. The molecule has 1 aliphatic heterocycles. The minimum Gasteiger partial charge on any atom is -0.487 e. The summed E-state index contributed by atoms with van der Waals surface area (Å²) < 4.78 is 6.45. The number of hydrogen-bond donors (Lipinski definition) is 3. The van der Waals surface area contributed by atoms with Gasteiger partial charge in [0.25, 0.3) is 0 Å². The molecule has 0 saturated heterocycles. The van der Waals surface area contributed by atoms with Gasteiger partial charge in [0.2, 0.25) is 5.91 Å². The number of aliphatic imine (C=N–C) groups is 1. The molecule has 0 radical (unpaired) electrons. The van der Waals surface area contributed by atoms with Crippen LogP contribution in [0.15, 0.2) is 29.3 Å².